The Bertz CT molecular complexity index is 664. The van der Waals surface area contributed by atoms with Gasteiger partial charge in [0.15, 0.2) is 5.69 Å². The Hall–Kier alpha value is -2.26. The number of benzene rings is 1. The average molecular weight is 362 g/mol. The van der Waals surface area contributed by atoms with Gasteiger partial charge in [-0.1, -0.05) is 5.21 Å². The molecule has 0 aliphatic heterocycles. The zero-order chi connectivity index (χ0) is 16.8. The molecular weight excluding hydrogens is 344 g/mol. The Morgan fingerprint density at radius 3 is 2.54 bits per heavy atom. The zero-order valence-electron chi connectivity index (χ0n) is 13.1. The van der Waals surface area contributed by atoms with Crippen molar-refractivity contribution >= 4 is 18.3 Å². The molecule has 0 saturated carbocycles. The summed E-state index contributed by atoms with van der Waals surface area (Å²) in [6.45, 7) is -0.0515. The second-order valence-electron chi connectivity index (χ2n) is 4.67. The van der Waals surface area contributed by atoms with E-state index in [1.165, 1.54) is 16.8 Å². The number of hydrogen-bond acceptors (Lipinski definition) is 5. The maximum atomic E-state index is 12.1. The fourth-order valence-electron chi connectivity index (χ4n) is 1.94. The van der Waals surface area contributed by atoms with Gasteiger partial charge in [0.25, 0.3) is 5.91 Å². The molecule has 2 N–H and O–H groups in total. The molecule has 1 heterocycles. The van der Waals surface area contributed by atoms with Crippen molar-refractivity contribution in [3.8, 4) is 11.4 Å². The van der Waals surface area contributed by atoms with Crippen LogP contribution in [0.5, 0.6) is 5.75 Å². The lowest BCUT2D eigenvalue weighted by Crippen LogP contribution is -2.31. The molecular formula is C14H18ClF2N5O2. The number of amides is 1. The van der Waals surface area contributed by atoms with Crippen LogP contribution in [-0.2, 0) is 0 Å². The summed E-state index contributed by atoms with van der Waals surface area (Å²) in [6, 6.07) is 5.91. The molecule has 0 unspecified atom stereocenters. The molecule has 0 atom stereocenters. The van der Waals surface area contributed by atoms with E-state index in [0.29, 0.717) is 24.5 Å². The van der Waals surface area contributed by atoms with Crippen LogP contribution in [0.15, 0.2) is 24.3 Å². The number of carbonyl (C=O) groups excluding carboxylic acids is 1. The highest BCUT2D eigenvalue weighted by Gasteiger charge is 2.17. The lowest BCUT2D eigenvalue weighted by atomic mass is 10.2. The van der Waals surface area contributed by atoms with Crippen molar-refractivity contribution in [3.05, 3.63) is 35.7 Å². The highest BCUT2D eigenvalue weighted by Crippen LogP contribution is 2.18. The normalized spacial score (nSPS) is 10.4. The minimum absolute atomic E-state index is 0. The third-order valence-electron chi connectivity index (χ3n) is 3.08. The van der Waals surface area contributed by atoms with E-state index >= 15 is 0 Å². The number of aromatic nitrogens is 3. The quantitative estimate of drug-likeness (QED) is 0.731. The first-order chi connectivity index (χ1) is 11.0. The van der Waals surface area contributed by atoms with Gasteiger partial charge < -0.3 is 15.4 Å². The molecule has 2 rings (SSSR count). The smallest absolute Gasteiger partial charge is 0.387 e. The van der Waals surface area contributed by atoms with Crippen LogP contribution in [0.4, 0.5) is 8.78 Å². The van der Waals surface area contributed by atoms with E-state index in [1.54, 1.807) is 26.1 Å². The minimum atomic E-state index is -2.87. The van der Waals surface area contributed by atoms with Gasteiger partial charge in [0.1, 0.15) is 5.75 Å². The molecule has 1 aromatic carbocycles. The van der Waals surface area contributed by atoms with Crippen molar-refractivity contribution in [2.75, 3.05) is 20.1 Å². The number of nitrogens with zero attached hydrogens (tertiary/aromatic N) is 3. The molecule has 10 heteroatoms. The van der Waals surface area contributed by atoms with E-state index in [0.717, 1.165) is 0 Å². The molecule has 132 valence electrons. The predicted octanol–water partition coefficient (Wildman–Crippen LogP) is 1.55. The van der Waals surface area contributed by atoms with Gasteiger partial charge in [-0.15, -0.1) is 17.5 Å². The van der Waals surface area contributed by atoms with Crippen LogP contribution in [0, 0.1) is 6.92 Å². The van der Waals surface area contributed by atoms with Crippen molar-refractivity contribution in [2.45, 2.75) is 13.5 Å². The summed E-state index contributed by atoms with van der Waals surface area (Å²) in [5.41, 5.74) is 1.36. The highest BCUT2D eigenvalue weighted by atomic mass is 35.5. The Balaban J connectivity index is 0.00000288. The van der Waals surface area contributed by atoms with Gasteiger partial charge in [0, 0.05) is 13.1 Å². The SMILES string of the molecule is CNCCNC(=O)c1nnn(-c2ccc(OC(F)F)cc2)c1C.Cl. The molecule has 0 radical (unpaired) electrons. The molecule has 0 aliphatic rings. The fourth-order valence-corrected chi connectivity index (χ4v) is 1.94. The van der Waals surface area contributed by atoms with Crippen LogP contribution < -0.4 is 15.4 Å². The summed E-state index contributed by atoms with van der Waals surface area (Å²) in [5, 5.41) is 13.4. The summed E-state index contributed by atoms with van der Waals surface area (Å²) in [4.78, 5) is 12.0. The maximum Gasteiger partial charge on any atom is 0.387 e. The first-order valence-corrected chi connectivity index (χ1v) is 6.93. The van der Waals surface area contributed by atoms with Gasteiger partial charge in [-0.05, 0) is 38.2 Å². The van der Waals surface area contributed by atoms with E-state index in [2.05, 4.69) is 25.7 Å². The summed E-state index contributed by atoms with van der Waals surface area (Å²) in [5.74, 6) is -0.270. The van der Waals surface area contributed by atoms with E-state index in [1.807, 2.05) is 0 Å². The molecule has 1 amide bonds. The number of hydrogen-bond donors (Lipinski definition) is 2. The van der Waals surface area contributed by atoms with Crippen LogP contribution in [-0.4, -0.2) is 47.6 Å². The number of alkyl halides is 2. The summed E-state index contributed by atoms with van der Waals surface area (Å²) in [6.07, 6.45) is 0. The third kappa shape index (κ3) is 4.87. The maximum absolute atomic E-state index is 12.1. The Morgan fingerprint density at radius 1 is 1.29 bits per heavy atom. The fraction of sp³-hybridized carbons (Fsp3) is 0.357. The summed E-state index contributed by atoms with van der Waals surface area (Å²) in [7, 11) is 1.79. The van der Waals surface area contributed by atoms with Gasteiger partial charge in [0.2, 0.25) is 0 Å². The van der Waals surface area contributed by atoms with Crippen molar-refractivity contribution in [3.63, 3.8) is 0 Å². The first-order valence-electron chi connectivity index (χ1n) is 6.93. The van der Waals surface area contributed by atoms with E-state index in [9.17, 15) is 13.6 Å². The number of rotatable bonds is 7. The topological polar surface area (TPSA) is 81.1 Å². The van der Waals surface area contributed by atoms with Crippen LogP contribution >= 0.6 is 12.4 Å². The van der Waals surface area contributed by atoms with Crippen molar-refractivity contribution in [1.29, 1.82) is 0 Å². The summed E-state index contributed by atoms with van der Waals surface area (Å²) < 4.78 is 30.0. The molecule has 1 aromatic heterocycles. The molecule has 2 aromatic rings. The van der Waals surface area contributed by atoms with Crippen molar-refractivity contribution < 1.29 is 18.3 Å². The van der Waals surface area contributed by atoms with Crippen LogP contribution in [0.1, 0.15) is 16.2 Å². The average Bonchev–Trinajstić information content (AvgIpc) is 2.89. The highest BCUT2D eigenvalue weighted by molar-refractivity contribution is 5.93. The Morgan fingerprint density at radius 2 is 1.96 bits per heavy atom. The van der Waals surface area contributed by atoms with E-state index in [-0.39, 0.29) is 29.8 Å². The van der Waals surface area contributed by atoms with E-state index < -0.39 is 6.61 Å². The molecule has 0 bridgehead atoms. The molecule has 0 fully saturated rings. The second kappa shape index (κ2) is 9.14. The van der Waals surface area contributed by atoms with Gasteiger partial charge in [-0.25, -0.2) is 4.68 Å². The molecule has 0 spiro atoms. The van der Waals surface area contributed by atoms with Crippen molar-refractivity contribution in [2.24, 2.45) is 0 Å². The largest absolute Gasteiger partial charge is 0.435 e. The van der Waals surface area contributed by atoms with Gasteiger partial charge >= 0.3 is 6.61 Å². The van der Waals surface area contributed by atoms with Crippen LogP contribution in [0.3, 0.4) is 0 Å². The standard InChI is InChI=1S/C14H17F2N5O2.ClH/c1-9-12(13(22)18-8-7-17-2)19-20-21(9)10-3-5-11(6-4-10)23-14(15)16;/h3-6,14,17H,7-8H2,1-2H3,(H,18,22);1H. The van der Waals surface area contributed by atoms with Gasteiger partial charge in [-0.2, -0.15) is 8.78 Å². The van der Waals surface area contributed by atoms with Crippen LogP contribution in [0.25, 0.3) is 5.69 Å². The van der Waals surface area contributed by atoms with Gasteiger partial charge in [-0.3, -0.25) is 4.79 Å². The van der Waals surface area contributed by atoms with Crippen LogP contribution in [0.2, 0.25) is 0 Å². The number of nitrogens with one attached hydrogen (secondary N) is 2. The summed E-state index contributed by atoms with van der Waals surface area (Å²) >= 11 is 0. The minimum Gasteiger partial charge on any atom is -0.435 e. The number of ether oxygens (including phenoxy) is 1. The Labute approximate surface area is 143 Å². The lowest BCUT2D eigenvalue weighted by molar-refractivity contribution is -0.0498. The predicted molar refractivity (Wildman–Crippen MR) is 86.2 cm³/mol. The number of carbonyl (C=O) groups is 1. The zero-order valence-corrected chi connectivity index (χ0v) is 13.9. The third-order valence-corrected chi connectivity index (χ3v) is 3.08. The lowest BCUT2D eigenvalue weighted by Gasteiger charge is -2.07. The van der Waals surface area contributed by atoms with Gasteiger partial charge in [0.05, 0.1) is 11.4 Å². The molecule has 0 aliphatic carbocycles. The Kier molecular flexibility index (Phi) is 7.53. The monoisotopic (exact) mass is 361 g/mol. The van der Waals surface area contributed by atoms with Crippen molar-refractivity contribution in [1.82, 2.24) is 25.6 Å². The number of likely N-dealkylation sites (N-methyl/N-ethyl adjacent to an activating group) is 1. The second-order valence-corrected chi connectivity index (χ2v) is 4.67. The first kappa shape index (κ1) is 19.8. The molecule has 24 heavy (non-hydrogen) atoms. The number of halogens is 3. The van der Waals surface area contributed by atoms with E-state index in [4.69, 9.17) is 0 Å². The molecule has 0 saturated heterocycles. The molecule has 7 nitrogen and oxygen atoms in total.